The summed E-state index contributed by atoms with van der Waals surface area (Å²) in [5, 5.41) is 12.0. The van der Waals surface area contributed by atoms with Crippen LogP contribution < -0.4 is 5.32 Å². The van der Waals surface area contributed by atoms with Crippen LogP contribution in [0.1, 0.15) is 12.8 Å². The molecule has 1 aliphatic rings. The summed E-state index contributed by atoms with van der Waals surface area (Å²) in [5.41, 5.74) is 0.709. The number of carboxylic acid groups (broad SMARTS) is 1. The Kier molecular flexibility index (Phi) is 4.84. The van der Waals surface area contributed by atoms with Crippen molar-refractivity contribution in [3.63, 3.8) is 0 Å². The largest absolute Gasteiger partial charge is 0.481 e. The highest BCUT2D eigenvalue weighted by Gasteiger charge is 2.33. The molecule has 1 aromatic carbocycles. The Morgan fingerprint density at radius 1 is 1.25 bits per heavy atom. The normalized spacial score (nSPS) is 21.4. The molecule has 2 rings (SSSR count). The van der Waals surface area contributed by atoms with E-state index in [4.69, 9.17) is 0 Å². The van der Waals surface area contributed by atoms with Crippen molar-refractivity contribution >= 4 is 29.3 Å². The highest BCUT2D eigenvalue weighted by atomic mass is 32.2. The molecule has 0 saturated carbocycles. The molecule has 5 heteroatoms. The first kappa shape index (κ1) is 14.7. The van der Waals surface area contributed by atoms with Crippen molar-refractivity contribution < 1.29 is 14.7 Å². The number of benzene rings is 1. The topological polar surface area (TPSA) is 66.4 Å². The zero-order valence-corrected chi connectivity index (χ0v) is 12.0. The number of aliphatic carboxylic acids is 1. The molecule has 0 unspecified atom stereocenters. The van der Waals surface area contributed by atoms with E-state index in [0.29, 0.717) is 18.5 Å². The molecule has 1 amide bonds. The molecule has 0 fully saturated rings. The third kappa shape index (κ3) is 3.42. The molecule has 2 atom stereocenters. The van der Waals surface area contributed by atoms with E-state index in [1.165, 1.54) is 0 Å². The van der Waals surface area contributed by atoms with Crippen LogP contribution in [0.3, 0.4) is 0 Å². The first-order chi connectivity index (χ1) is 9.61. The van der Waals surface area contributed by atoms with E-state index >= 15 is 0 Å². The summed E-state index contributed by atoms with van der Waals surface area (Å²) in [6, 6.07) is 7.53. The summed E-state index contributed by atoms with van der Waals surface area (Å²) in [6.07, 6.45) is 6.57. The third-order valence-electron chi connectivity index (χ3n) is 3.42. The summed E-state index contributed by atoms with van der Waals surface area (Å²) in [5.74, 6) is -2.27. The van der Waals surface area contributed by atoms with Crippen LogP contribution in [0.5, 0.6) is 0 Å². The number of carbonyl (C=O) groups excluding carboxylic acids is 1. The Bertz CT molecular complexity index is 542. The standard InChI is InChI=1S/C15H17NO3S/c1-20-11-6-4-5-10(9-11)16-14(17)12-7-2-3-8-13(12)15(18)19/h2-6,9,12-13H,7-8H2,1H3,(H,16,17)(H,18,19)/t12-,13+/m1/s1. The number of rotatable bonds is 4. The van der Waals surface area contributed by atoms with Crippen molar-refractivity contribution in [1.82, 2.24) is 0 Å². The first-order valence-corrected chi connectivity index (χ1v) is 7.67. The molecule has 0 heterocycles. The van der Waals surface area contributed by atoms with E-state index < -0.39 is 17.8 Å². The Balaban J connectivity index is 2.10. The number of hydrogen-bond acceptors (Lipinski definition) is 3. The minimum atomic E-state index is -0.910. The molecular weight excluding hydrogens is 274 g/mol. The fourth-order valence-corrected chi connectivity index (χ4v) is 2.77. The molecule has 1 aromatic rings. The molecular formula is C15H17NO3S. The number of hydrogen-bond donors (Lipinski definition) is 2. The number of anilines is 1. The fourth-order valence-electron chi connectivity index (χ4n) is 2.31. The average Bonchev–Trinajstić information content (AvgIpc) is 2.47. The maximum atomic E-state index is 12.3. The van der Waals surface area contributed by atoms with Gasteiger partial charge in [0.25, 0.3) is 0 Å². The predicted molar refractivity (Wildman–Crippen MR) is 79.8 cm³/mol. The van der Waals surface area contributed by atoms with Gasteiger partial charge in [0.2, 0.25) is 5.91 Å². The Labute approximate surface area is 122 Å². The van der Waals surface area contributed by atoms with Crippen molar-refractivity contribution in [2.24, 2.45) is 11.8 Å². The van der Waals surface area contributed by atoms with Gasteiger partial charge in [-0.05, 0) is 37.3 Å². The maximum absolute atomic E-state index is 12.3. The molecule has 106 valence electrons. The number of amides is 1. The zero-order valence-electron chi connectivity index (χ0n) is 11.2. The number of nitrogens with one attached hydrogen (secondary N) is 1. The molecule has 1 aliphatic carbocycles. The summed E-state index contributed by atoms with van der Waals surface area (Å²) >= 11 is 1.59. The van der Waals surface area contributed by atoms with Crippen molar-refractivity contribution in [3.05, 3.63) is 36.4 Å². The monoisotopic (exact) mass is 291 g/mol. The summed E-state index contributed by atoms with van der Waals surface area (Å²) in [4.78, 5) is 24.5. The van der Waals surface area contributed by atoms with E-state index in [0.717, 1.165) is 4.90 Å². The summed E-state index contributed by atoms with van der Waals surface area (Å²) in [6.45, 7) is 0. The van der Waals surface area contributed by atoms with Gasteiger partial charge in [-0.25, -0.2) is 0 Å². The van der Waals surface area contributed by atoms with Crippen molar-refractivity contribution in [2.45, 2.75) is 17.7 Å². The molecule has 0 radical (unpaired) electrons. The quantitative estimate of drug-likeness (QED) is 0.661. The van der Waals surface area contributed by atoms with Gasteiger partial charge in [-0.15, -0.1) is 11.8 Å². The van der Waals surface area contributed by atoms with Gasteiger partial charge in [-0.2, -0.15) is 0 Å². The number of allylic oxidation sites excluding steroid dienone is 2. The van der Waals surface area contributed by atoms with Gasteiger partial charge in [0, 0.05) is 10.6 Å². The predicted octanol–water partition coefficient (Wildman–Crippen LogP) is 3.01. The number of carbonyl (C=O) groups is 2. The Hall–Kier alpha value is -1.75. The fraction of sp³-hybridized carbons (Fsp3) is 0.333. The van der Waals surface area contributed by atoms with Gasteiger partial charge >= 0.3 is 5.97 Å². The lowest BCUT2D eigenvalue weighted by Gasteiger charge is -2.24. The Morgan fingerprint density at radius 3 is 2.60 bits per heavy atom. The third-order valence-corrected chi connectivity index (χ3v) is 4.15. The molecule has 0 aliphatic heterocycles. The zero-order chi connectivity index (χ0) is 14.5. The second-order valence-electron chi connectivity index (χ2n) is 4.72. The van der Waals surface area contributed by atoms with Crippen LogP contribution in [0.4, 0.5) is 5.69 Å². The van der Waals surface area contributed by atoms with Gasteiger partial charge in [0.05, 0.1) is 11.8 Å². The van der Waals surface area contributed by atoms with Gasteiger partial charge in [-0.3, -0.25) is 9.59 Å². The van der Waals surface area contributed by atoms with E-state index in [1.54, 1.807) is 11.8 Å². The van der Waals surface area contributed by atoms with Crippen LogP contribution in [-0.4, -0.2) is 23.2 Å². The lowest BCUT2D eigenvalue weighted by atomic mass is 9.82. The van der Waals surface area contributed by atoms with Gasteiger partial charge < -0.3 is 10.4 Å². The second-order valence-corrected chi connectivity index (χ2v) is 5.59. The summed E-state index contributed by atoms with van der Waals surface area (Å²) < 4.78 is 0. The van der Waals surface area contributed by atoms with E-state index in [9.17, 15) is 14.7 Å². The van der Waals surface area contributed by atoms with E-state index in [-0.39, 0.29) is 5.91 Å². The highest BCUT2D eigenvalue weighted by Crippen LogP contribution is 2.27. The molecule has 0 aromatic heterocycles. The van der Waals surface area contributed by atoms with Gasteiger partial charge in [0.15, 0.2) is 0 Å². The van der Waals surface area contributed by atoms with E-state index in [1.807, 2.05) is 42.7 Å². The van der Waals surface area contributed by atoms with Crippen LogP contribution in [0, 0.1) is 11.8 Å². The smallest absolute Gasteiger partial charge is 0.307 e. The lowest BCUT2D eigenvalue weighted by molar-refractivity contribution is -0.146. The molecule has 0 spiro atoms. The van der Waals surface area contributed by atoms with Crippen LogP contribution >= 0.6 is 11.8 Å². The molecule has 20 heavy (non-hydrogen) atoms. The molecule has 2 N–H and O–H groups in total. The van der Waals surface area contributed by atoms with Crippen LogP contribution in [-0.2, 0) is 9.59 Å². The first-order valence-electron chi connectivity index (χ1n) is 6.44. The molecule has 0 saturated heterocycles. The SMILES string of the molecule is CSc1cccc(NC(=O)[C@@H]2CC=CC[C@@H]2C(=O)O)c1. The minimum Gasteiger partial charge on any atom is -0.481 e. The molecule has 4 nitrogen and oxygen atoms in total. The number of carboxylic acids is 1. The van der Waals surface area contributed by atoms with Crippen LogP contribution in [0.2, 0.25) is 0 Å². The van der Waals surface area contributed by atoms with Crippen LogP contribution in [0.15, 0.2) is 41.3 Å². The Morgan fingerprint density at radius 2 is 1.95 bits per heavy atom. The van der Waals surface area contributed by atoms with Crippen molar-refractivity contribution in [1.29, 1.82) is 0 Å². The van der Waals surface area contributed by atoms with Crippen LogP contribution in [0.25, 0.3) is 0 Å². The lowest BCUT2D eigenvalue weighted by Crippen LogP contribution is -2.34. The second kappa shape index (κ2) is 6.61. The van der Waals surface area contributed by atoms with Gasteiger partial charge in [-0.1, -0.05) is 18.2 Å². The summed E-state index contributed by atoms with van der Waals surface area (Å²) in [7, 11) is 0. The van der Waals surface area contributed by atoms with E-state index in [2.05, 4.69) is 5.32 Å². The maximum Gasteiger partial charge on any atom is 0.307 e. The average molecular weight is 291 g/mol. The minimum absolute atomic E-state index is 0.222. The van der Waals surface area contributed by atoms with Crippen molar-refractivity contribution in [2.75, 3.05) is 11.6 Å². The number of thioether (sulfide) groups is 1. The van der Waals surface area contributed by atoms with Crippen molar-refractivity contribution in [3.8, 4) is 0 Å². The molecule has 0 bridgehead atoms. The van der Waals surface area contributed by atoms with Gasteiger partial charge in [0.1, 0.15) is 0 Å². The highest BCUT2D eigenvalue weighted by molar-refractivity contribution is 7.98.